The molecule has 0 fully saturated rings. The molecule has 44 valence electrons. The van der Waals surface area contributed by atoms with Gasteiger partial charge in [-0.25, -0.2) is 4.79 Å². The standard InChI is InChI=1S/C2HCl3O2.Mg/c3-2(4,5)1(6)7;/h(H,6,7);. The summed E-state index contributed by atoms with van der Waals surface area (Å²) in [4.78, 5) is 9.62. The number of carboxylic acid groups (broad SMARTS) is 1. The molecule has 0 spiro atoms. The van der Waals surface area contributed by atoms with Crippen molar-refractivity contribution in [3.05, 3.63) is 0 Å². The summed E-state index contributed by atoms with van der Waals surface area (Å²) in [6.07, 6.45) is 0. The van der Waals surface area contributed by atoms with Gasteiger partial charge in [0.25, 0.3) is 3.79 Å². The van der Waals surface area contributed by atoms with E-state index in [-0.39, 0.29) is 23.1 Å². The maximum absolute atomic E-state index is 9.62. The van der Waals surface area contributed by atoms with Gasteiger partial charge in [-0.05, 0) is 0 Å². The third-order valence-corrected chi connectivity index (χ3v) is 0.728. The number of hydrogen-bond acceptors (Lipinski definition) is 1. The average molecular weight is 188 g/mol. The Kier molecular flexibility index (Phi) is 5.94. The molecular weight excluding hydrogens is 187 g/mol. The number of halogens is 3. The predicted octanol–water partition coefficient (Wildman–Crippen LogP) is 1.06. The molecule has 8 heavy (non-hydrogen) atoms. The second kappa shape index (κ2) is 4.01. The maximum Gasteiger partial charge on any atom is 0.356 e. The summed E-state index contributed by atoms with van der Waals surface area (Å²) >= 11 is 14.4. The Morgan fingerprint density at radius 2 is 1.50 bits per heavy atom. The van der Waals surface area contributed by atoms with Crippen LogP contribution >= 0.6 is 34.8 Å². The first-order valence-electron chi connectivity index (χ1n) is 1.24. The number of hydrogen-bond donors (Lipinski definition) is 1. The predicted molar refractivity (Wildman–Crippen MR) is 33.7 cm³/mol. The van der Waals surface area contributed by atoms with Crippen LogP contribution in [0.1, 0.15) is 0 Å². The summed E-state index contributed by atoms with van der Waals surface area (Å²) in [6.45, 7) is 0. The van der Waals surface area contributed by atoms with Crippen LogP contribution in [-0.2, 0) is 4.79 Å². The lowest BCUT2D eigenvalue weighted by Crippen LogP contribution is -2.16. The molecule has 0 heterocycles. The van der Waals surface area contributed by atoms with Crippen LogP contribution in [0, 0.1) is 0 Å². The minimum atomic E-state index is -2.17. The number of carbonyl (C=O) groups is 1. The maximum atomic E-state index is 9.62. The van der Waals surface area contributed by atoms with Crippen LogP contribution in [0.3, 0.4) is 0 Å². The van der Waals surface area contributed by atoms with Gasteiger partial charge in [-0.15, -0.1) is 0 Å². The van der Waals surface area contributed by atoms with Gasteiger partial charge in [-0.1, -0.05) is 34.8 Å². The van der Waals surface area contributed by atoms with Crippen molar-refractivity contribution in [2.45, 2.75) is 3.79 Å². The molecule has 0 saturated carbocycles. The molecule has 0 aliphatic heterocycles. The Bertz CT molecular complexity index is 87.8. The molecule has 0 bridgehead atoms. The van der Waals surface area contributed by atoms with Crippen molar-refractivity contribution < 1.29 is 9.90 Å². The van der Waals surface area contributed by atoms with Gasteiger partial charge in [0.2, 0.25) is 0 Å². The molecule has 0 aromatic heterocycles. The summed E-state index contributed by atoms with van der Waals surface area (Å²) < 4.78 is -2.17. The molecule has 0 aliphatic rings. The van der Waals surface area contributed by atoms with E-state index in [1.54, 1.807) is 0 Å². The van der Waals surface area contributed by atoms with Crippen LogP contribution in [0.4, 0.5) is 0 Å². The smallest absolute Gasteiger partial charge is 0.356 e. The third-order valence-electron chi connectivity index (χ3n) is 0.243. The van der Waals surface area contributed by atoms with Crippen LogP contribution in [-0.4, -0.2) is 37.9 Å². The van der Waals surface area contributed by atoms with Gasteiger partial charge in [-0.2, -0.15) is 0 Å². The van der Waals surface area contributed by atoms with E-state index in [0.717, 1.165) is 0 Å². The van der Waals surface area contributed by atoms with E-state index in [9.17, 15) is 4.79 Å². The summed E-state index contributed by atoms with van der Waals surface area (Å²) in [7, 11) is 0. The quantitative estimate of drug-likeness (QED) is 0.455. The minimum Gasteiger partial charge on any atom is -0.478 e. The van der Waals surface area contributed by atoms with Gasteiger partial charge < -0.3 is 5.11 Å². The van der Waals surface area contributed by atoms with Gasteiger partial charge in [0.15, 0.2) is 0 Å². The number of aliphatic carboxylic acids is 1. The second-order valence-corrected chi connectivity index (χ2v) is 3.08. The Balaban J connectivity index is 0. The van der Waals surface area contributed by atoms with E-state index in [1.165, 1.54) is 0 Å². The van der Waals surface area contributed by atoms with Gasteiger partial charge in [-0.3, -0.25) is 0 Å². The molecule has 1 N–H and O–H groups in total. The van der Waals surface area contributed by atoms with Crippen LogP contribution in [0.15, 0.2) is 0 Å². The molecule has 2 radical (unpaired) electrons. The highest BCUT2D eigenvalue weighted by Crippen LogP contribution is 2.25. The van der Waals surface area contributed by atoms with Gasteiger partial charge in [0.05, 0.1) is 0 Å². The molecule has 2 nitrogen and oxygen atoms in total. The molecule has 0 aliphatic carbocycles. The third kappa shape index (κ3) is 5.25. The molecule has 0 saturated heterocycles. The van der Waals surface area contributed by atoms with Crippen molar-refractivity contribution in [1.82, 2.24) is 0 Å². The van der Waals surface area contributed by atoms with E-state index in [1.807, 2.05) is 0 Å². The van der Waals surface area contributed by atoms with Crippen molar-refractivity contribution in [2.24, 2.45) is 0 Å². The minimum absolute atomic E-state index is 0. The Labute approximate surface area is 77.2 Å². The number of alkyl halides is 3. The molecule has 0 amide bonds. The molecule has 0 unspecified atom stereocenters. The Hall–Kier alpha value is 1.11. The molecule has 0 aromatic carbocycles. The molecular formula is C2HCl3MgO2. The van der Waals surface area contributed by atoms with E-state index in [4.69, 9.17) is 39.9 Å². The Morgan fingerprint density at radius 3 is 1.50 bits per heavy atom. The highest BCUT2D eigenvalue weighted by atomic mass is 35.6. The average Bonchev–Trinajstić information content (AvgIpc) is 1.31. The van der Waals surface area contributed by atoms with Crippen molar-refractivity contribution in [1.29, 1.82) is 0 Å². The fraction of sp³-hybridized carbons (Fsp3) is 0.500. The zero-order valence-corrected chi connectivity index (χ0v) is 7.38. The zero-order chi connectivity index (χ0) is 6.08. The first kappa shape index (κ1) is 11.8. The Morgan fingerprint density at radius 1 is 1.38 bits per heavy atom. The monoisotopic (exact) mass is 186 g/mol. The van der Waals surface area contributed by atoms with Crippen molar-refractivity contribution in [2.75, 3.05) is 0 Å². The lowest BCUT2D eigenvalue weighted by Gasteiger charge is -1.99. The SMILES string of the molecule is O=C(O)C(Cl)(Cl)Cl.[Mg]. The second-order valence-electron chi connectivity index (χ2n) is 0.803. The van der Waals surface area contributed by atoms with Crippen LogP contribution in [0.25, 0.3) is 0 Å². The van der Waals surface area contributed by atoms with E-state index in [0.29, 0.717) is 0 Å². The normalized spacial score (nSPS) is 9.88. The largest absolute Gasteiger partial charge is 0.478 e. The molecule has 0 rings (SSSR count). The van der Waals surface area contributed by atoms with Crippen LogP contribution in [0.5, 0.6) is 0 Å². The fourth-order valence-corrected chi connectivity index (χ4v) is 0. The highest BCUT2D eigenvalue weighted by molar-refractivity contribution is 6.75. The van der Waals surface area contributed by atoms with Gasteiger partial charge in [0.1, 0.15) is 0 Å². The topological polar surface area (TPSA) is 37.3 Å². The van der Waals surface area contributed by atoms with Crippen LogP contribution in [0.2, 0.25) is 0 Å². The van der Waals surface area contributed by atoms with Crippen molar-refractivity contribution >= 4 is 63.8 Å². The zero-order valence-electron chi connectivity index (χ0n) is 3.70. The van der Waals surface area contributed by atoms with Gasteiger partial charge in [0, 0.05) is 23.1 Å². The van der Waals surface area contributed by atoms with Crippen molar-refractivity contribution in [3.63, 3.8) is 0 Å². The van der Waals surface area contributed by atoms with Crippen LogP contribution < -0.4 is 0 Å². The van der Waals surface area contributed by atoms with E-state index < -0.39 is 9.76 Å². The summed E-state index contributed by atoms with van der Waals surface area (Å²) in [5.41, 5.74) is 0. The lowest BCUT2D eigenvalue weighted by molar-refractivity contribution is -0.135. The van der Waals surface area contributed by atoms with Crippen molar-refractivity contribution in [3.8, 4) is 0 Å². The first-order chi connectivity index (χ1) is 2.94. The van der Waals surface area contributed by atoms with E-state index >= 15 is 0 Å². The fourth-order valence-electron chi connectivity index (χ4n) is 0. The molecule has 6 heteroatoms. The molecule has 0 atom stereocenters. The van der Waals surface area contributed by atoms with E-state index in [2.05, 4.69) is 0 Å². The summed E-state index contributed by atoms with van der Waals surface area (Å²) in [6, 6.07) is 0. The lowest BCUT2D eigenvalue weighted by atomic mass is 10.8. The number of rotatable bonds is 0. The molecule has 0 aromatic rings. The highest BCUT2D eigenvalue weighted by Gasteiger charge is 2.29. The first-order valence-corrected chi connectivity index (χ1v) is 2.38. The summed E-state index contributed by atoms with van der Waals surface area (Å²) in [5.74, 6) is -1.46. The summed E-state index contributed by atoms with van der Waals surface area (Å²) in [5, 5.41) is 7.85. The number of carboxylic acids is 1. The van der Waals surface area contributed by atoms with Gasteiger partial charge >= 0.3 is 5.97 Å².